The molecule has 0 unspecified atom stereocenters. The molecule has 1 aromatic carbocycles. The molecule has 0 radical (unpaired) electrons. The van der Waals surface area contributed by atoms with Crippen LogP contribution in [-0.2, 0) is 19.4 Å². The van der Waals surface area contributed by atoms with E-state index in [9.17, 15) is 18.0 Å². The Morgan fingerprint density at radius 1 is 1.13 bits per heavy atom. The molecule has 128 valence electrons. The van der Waals surface area contributed by atoms with Crippen molar-refractivity contribution in [1.29, 1.82) is 0 Å². The van der Waals surface area contributed by atoms with E-state index < -0.39 is 15.8 Å². The number of aliphatic carboxylic acids is 1. The summed E-state index contributed by atoms with van der Waals surface area (Å²) in [6.45, 7) is 0.588. The third kappa shape index (κ3) is 8.20. The van der Waals surface area contributed by atoms with Gasteiger partial charge in [0.25, 0.3) is 0 Å². The lowest BCUT2D eigenvalue weighted by molar-refractivity contribution is -0.137. The summed E-state index contributed by atoms with van der Waals surface area (Å²) in [4.78, 5) is 22.0. The minimum Gasteiger partial charge on any atom is -0.492 e. The van der Waals surface area contributed by atoms with E-state index in [-0.39, 0.29) is 30.3 Å². The van der Waals surface area contributed by atoms with Gasteiger partial charge in [-0.1, -0.05) is 0 Å². The first-order valence-electron chi connectivity index (χ1n) is 7.20. The highest BCUT2D eigenvalue weighted by Crippen LogP contribution is 2.15. The summed E-state index contributed by atoms with van der Waals surface area (Å²) in [7, 11) is -3.22. The smallest absolute Gasteiger partial charge is 0.303 e. The lowest BCUT2D eigenvalue weighted by atomic mass is 10.2. The largest absolute Gasteiger partial charge is 0.492 e. The Kier molecular flexibility index (Phi) is 7.53. The van der Waals surface area contributed by atoms with Crippen molar-refractivity contribution in [3.63, 3.8) is 0 Å². The zero-order valence-corrected chi connectivity index (χ0v) is 13.8. The van der Waals surface area contributed by atoms with Gasteiger partial charge in [-0.25, -0.2) is 8.42 Å². The van der Waals surface area contributed by atoms with Gasteiger partial charge < -0.3 is 15.2 Å². The fourth-order valence-electron chi connectivity index (χ4n) is 1.79. The number of nitrogens with one attached hydrogen (secondary N) is 1. The van der Waals surface area contributed by atoms with Crippen LogP contribution in [0.4, 0.5) is 0 Å². The molecule has 0 bridgehead atoms. The van der Waals surface area contributed by atoms with Crippen molar-refractivity contribution >= 4 is 21.7 Å². The Balaban J connectivity index is 2.19. The van der Waals surface area contributed by atoms with Gasteiger partial charge in [0.2, 0.25) is 5.91 Å². The van der Waals surface area contributed by atoms with E-state index in [0.29, 0.717) is 25.1 Å². The van der Waals surface area contributed by atoms with Crippen LogP contribution < -0.4 is 10.1 Å². The molecule has 0 spiro atoms. The van der Waals surface area contributed by atoms with E-state index in [2.05, 4.69) is 5.32 Å². The predicted octanol–water partition coefficient (Wildman–Crippen LogP) is 1.23. The molecule has 0 aliphatic carbocycles. The van der Waals surface area contributed by atoms with Gasteiger partial charge in [-0.05, 0) is 37.1 Å². The third-order valence-electron chi connectivity index (χ3n) is 2.99. The van der Waals surface area contributed by atoms with E-state index in [1.807, 2.05) is 0 Å². The summed E-state index contributed by atoms with van der Waals surface area (Å²) in [5.41, 5.74) is 0. The van der Waals surface area contributed by atoms with Gasteiger partial charge in [-0.15, -0.1) is 0 Å². The van der Waals surface area contributed by atoms with E-state index in [4.69, 9.17) is 9.84 Å². The van der Waals surface area contributed by atoms with E-state index >= 15 is 0 Å². The lowest BCUT2D eigenvalue weighted by Gasteiger charge is -2.08. The molecule has 1 amide bonds. The maximum atomic E-state index is 11.5. The van der Waals surface area contributed by atoms with Gasteiger partial charge in [-0.2, -0.15) is 0 Å². The number of benzene rings is 1. The second kappa shape index (κ2) is 9.14. The number of sulfone groups is 1. The van der Waals surface area contributed by atoms with Gasteiger partial charge in [-0.3, -0.25) is 9.59 Å². The molecule has 2 N–H and O–H groups in total. The molecule has 1 rings (SSSR count). The molecule has 1 aromatic rings. The number of carbonyl (C=O) groups is 2. The maximum Gasteiger partial charge on any atom is 0.303 e. The Morgan fingerprint density at radius 3 is 2.30 bits per heavy atom. The Morgan fingerprint density at radius 2 is 1.74 bits per heavy atom. The van der Waals surface area contributed by atoms with Crippen LogP contribution in [0.2, 0.25) is 0 Å². The molecule has 7 nitrogen and oxygen atoms in total. The number of amides is 1. The molecule has 0 atom stereocenters. The summed E-state index contributed by atoms with van der Waals surface area (Å²) in [6.07, 6.45) is 2.50. The normalized spacial score (nSPS) is 11.0. The number of carboxylic acids is 1. The molecular formula is C15H21NO6S. The molecule has 0 heterocycles. The summed E-state index contributed by atoms with van der Waals surface area (Å²) >= 11 is 0. The second-order valence-corrected chi connectivity index (χ2v) is 7.06. The number of carboxylic acid groups (broad SMARTS) is 1. The Bertz CT molecular complexity index is 624. The number of unbranched alkanes of at least 4 members (excludes halogenated alkanes) is 1. The van der Waals surface area contributed by atoms with Crippen molar-refractivity contribution in [2.45, 2.75) is 30.6 Å². The number of hydrogen-bond acceptors (Lipinski definition) is 5. The van der Waals surface area contributed by atoms with Crippen LogP contribution in [0.15, 0.2) is 29.2 Å². The van der Waals surface area contributed by atoms with Crippen molar-refractivity contribution in [2.75, 3.05) is 19.4 Å². The fourth-order valence-corrected chi connectivity index (χ4v) is 2.42. The molecular weight excluding hydrogens is 322 g/mol. The Hall–Kier alpha value is -2.09. The first-order valence-corrected chi connectivity index (χ1v) is 9.09. The van der Waals surface area contributed by atoms with Crippen molar-refractivity contribution in [3.05, 3.63) is 24.3 Å². The number of carbonyl (C=O) groups excluding carboxylic acids is 1. The summed E-state index contributed by atoms with van der Waals surface area (Å²) in [6, 6.07) is 6.05. The van der Waals surface area contributed by atoms with Gasteiger partial charge in [0.05, 0.1) is 11.4 Å². The van der Waals surface area contributed by atoms with Crippen LogP contribution in [0.25, 0.3) is 0 Å². The average Bonchev–Trinajstić information content (AvgIpc) is 2.47. The fraction of sp³-hybridized carbons (Fsp3) is 0.467. The molecule has 0 aromatic heterocycles. The Labute approximate surface area is 135 Å². The zero-order valence-electron chi connectivity index (χ0n) is 12.9. The molecule has 0 saturated carbocycles. The first kappa shape index (κ1) is 19.0. The van der Waals surface area contributed by atoms with Crippen molar-refractivity contribution in [1.82, 2.24) is 5.32 Å². The molecule has 0 aliphatic rings. The number of rotatable bonds is 10. The highest BCUT2D eigenvalue weighted by atomic mass is 32.2. The summed E-state index contributed by atoms with van der Waals surface area (Å²) < 4.78 is 28.0. The topological polar surface area (TPSA) is 110 Å². The van der Waals surface area contributed by atoms with Crippen molar-refractivity contribution < 1.29 is 27.9 Å². The van der Waals surface area contributed by atoms with E-state index in [1.165, 1.54) is 12.1 Å². The highest BCUT2D eigenvalue weighted by Gasteiger charge is 2.06. The van der Waals surface area contributed by atoms with Gasteiger partial charge in [0, 0.05) is 19.1 Å². The van der Waals surface area contributed by atoms with E-state index in [1.54, 1.807) is 12.1 Å². The maximum absolute atomic E-state index is 11.5. The van der Waals surface area contributed by atoms with Crippen LogP contribution in [0.3, 0.4) is 0 Å². The molecule has 0 saturated heterocycles. The van der Waals surface area contributed by atoms with Gasteiger partial charge >= 0.3 is 5.97 Å². The quantitative estimate of drug-likeness (QED) is 0.618. The predicted molar refractivity (Wildman–Crippen MR) is 84.2 cm³/mol. The van der Waals surface area contributed by atoms with Gasteiger partial charge in [0.1, 0.15) is 12.4 Å². The summed E-state index contributed by atoms with van der Waals surface area (Å²) in [5.74, 6) is -0.486. The third-order valence-corrected chi connectivity index (χ3v) is 4.12. The lowest BCUT2D eigenvalue weighted by Crippen LogP contribution is -2.27. The number of hydrogen-bond donors (Lipinski definition) is 2. The second-order valence-electron chi connectivity index (χ2n) is 5.04. The van der Waals surface area contributed by atoms with Crippen LogP contribution >= 0.6 is 0 Å². The molecule has 0 aliphatic heterocycles. The van der Waals surface area contributed by atoms with Crippen LogP contribution in [0, 0.1) is 0 Å². The molecule has 0 fully saturated rings. The van der Waals surface area contributed by atoms with E-state index in [0.717, 1.165) is 6.26 Å². The minimum absolute atomic E-state index is 0.0693. The minimum atomic E-state index is -3.22. The number of ether oxygens (including phenoxy) is 1. The van der Waals surface area contributed by atoms with Crippen LogP contribution in [0.1, 0.15) is 25.7 Å². The van der Waals surface area contributed by atoms with Crippen molar-refractivity contribution in [2.24, 2.45) is 0 Å². The van der Waals surface area contributed by atoms with Crippen molar-refractivity contribution in [3.8, 4) is 5.75 Å². The molecule has 23 heavy (non-hydrogen) atoms. The zero-order chi connectivity index (χ0) is 17.3. The van der Waals surface area contributed by atoms with Crippen LogP contribution in [0.5, 0.6) is 5.75 Å². The first-order chi connectivity index (χ1) is 10.8. The molecule has 8 heteroatoms. The summed E-state index contributed by atoms with van der Waals surface area (Å²) in [5, 5.41) is 11.1. The van der Waals surface area contributed by atoms with Crippen LogP contribution in [-0.4, -0.2) is 44.8 Å². The highest BCUT2D eigenvalue weighted by molar-refractivity contribution is 7.90. The average molecular weight is 343 g/mol. The standard InChI is InChI=1S/C15H21NO6S/c1-23(20,21)13-8-6-12(7-9-13)22-11-10-16-14(17)4-2-3-5-15(18)19/h6-9H,2-5,10-11H2,1H3,(H,16,17)(H,18,19). The van der Waals surface area contributed by atoms with Gasteiger partial charge in [0.15, 0.2) is 9.84 Å². The monoisotopic (exact) mass is 343 g/mol. The SMILES string of the molecule is CS(=O)(=O)c1ccc(OCCNC(=O)CCCCC(=O)O)cc1.